The van der Waals surface area contributed by atoms with Gasteiger partial charge in [-0.2, -0.15) is 5.10 Å². The monoisotopic (exact) mass is 194 g/mol. The number of ether oxygens (including phenoxy) is 1. The van der Waals surface area contributed by atoms with Gasteiger partial charge < -0.3 is 4.74 Å². The summed E-state index contributed by atoms with van der Waals surface area (Å²) in [5.41, 5.74) is 0.995. The second-order valence-corrected chi connectivity index (χ2v) is 3.43. The molecule has 0 N–H and O–H groups in total. The number of carbonyl (C=O) groups excluding carboxylic acids is 1. The van der Waals surface area contributed by atoms with Gasteiger partial charge in [0.2, 0.25) is 0 Å². The molecule has 0 radical (unpaired) electrons. The van der Waals surface area contributed by atoms with E-state index in [1.165, 1.54) is 0 Å². The molecule has 0 amide bonds. The molecule has 1 aromatic rings. The Hall–Kier alpha value is -1.32. The summed E-state index contributed by atoms with van der Waals surface area (Å²) in [6, 6.07) is 1.90. The molecule has 4 nitrogen and oxygen atoms in total. The number of aromatic nitrogens is 2. The maximum atomic E-state index is 11.6. The lowest BCUT2D eigenvalue weighted by Crippen LogP contribution is -2.24. The van der Waals surface area contributed by atoms with E-state index in [0.29, 0.717) is 6.61 Å². The van der Waals surface area contributed by atoms with Crippen LogP contribution in [0.25, 0.3) is 0 Å². The molecule has 76 valence electrons. The van der Waals surface area contributed by atoms with Crippen LogP contribution >= 0.6 is 0 Å². The van der Waals surface area contributed by atoms with Gasteiger partial charge in [-0.3, -0.25) is 9.48 Å². The summed E-state index contributed by atoms with van der Waals surface area (Å²) in [6.45, 7) is 3.19. The molecular weight excluding hydrogens is 180 g/mol. The van der Waals surface area contributed by atoms with Crippen molar-refractivity contribution in [3.63, 3.8) is 0 Å². The number of hydrogen-bond acceptors (Lipinski definition) is 3. The Morgan fingerprint density at radius 2 is 2.64 bits per heavy atom. The second-order valence-electron chi connectivity index (χ2n) is 3.43. The van der Waals surface area contributed by atoms with Gasteiger partial charge in [0.1, 0.15) is 0 Å². The lowest BCUT2D eigenvalue weighted by molar-refractivity contribution is -0.145. The van der Waals surface area contributed by atoms with Gasteiger partial charge in [0.05, 0.1) is 18.2 Å². The van der Waals surface area contributed by atoms with Crippen molar-refractivity contribution in [1.82, 2.24) is 9.78 Å². The van der Waals surface area contributed by atoms with E-state index < -0.39 is 0 Å². The highest BCUT2D eigenvalue weighted by Gasteiger charge is 2.27. The Labute approximate surface area is 82.9 Å². The van der Waals surface area contributed by atoms with Crippen LogP contribution in [0, 0.1) is 0 Å². The molecule has 14 heavy (non-hydrogen) atoms. The first-order chi connectivity index (χ1) is 6.83. The van der Waals surface area contributed by atoms with Crippen LogP contribution in [0.4, 0.5) is 0 Å². The quantitative estimate of drug-likeness (QED) is 0.667. The van der Waals surface area contributed by atoms with Crippen LogP contribution < -0.4 is 0 Å². The zero-order valence-corrected chi connectivity index (χ0v) is 8.27. The fourth-order valence-electron chi connectivity index (χ4n) is 1.90. The van der Waals surface area contributed by atoms with Gasteiger partial charge in [-0.25, -0.2) is 0 Å². The topological polar surface area (TPSA) is 44.1 Å². The minimum atomic E-state index is -0.117. The van der Waals surface area contributed by atoms with Crippen LogP contribution in [0.2, 0.25) is 0 Å². The van der Waals surface area contributed by atoms with Gasteiger partial charge in [0.15, 0.2) is 0 Å². The molecule has 0 fully saturated rings. The van der Waals surface area contributed by atoms with E-state index in [1.54, 1.807) is 6.20 Å². The SMILES string of the molecule is CCOC(=O)C1CCCn2nccc21. The molecule has 1 atom stereocenters. The number of nitrogens with zero attached hydrogens (tertiary/aromatic N) is 2. The summed E-state index contributed by atoms with van der Waals surface area (Å²) in [4.78, 5) is 11.6. The maximum Gasteiger partial charge on any atom is 0.314 e. The third kappa shape index (κ3) is 1.52. The number of hydrogen-bond donors (Lipinski definition) is 0. The molecule has 1 unspecified atom stereocenters. The van der Waals surface area contributed by atoms with Gasteiger partial charge in [0, 0.05) is 12.7 Å². The Balaban J connectivity index is 2.19. The summed E-state index contributed by atoms with van der Waals surface area (Å²) in [6.07, 6.45) is 3.62. The third-order valence-electron chi connectivity index (χ3n) is 2.54. The molecule has 1 aliphatic rings. The summed E-state index contributed by atoms with van der Waals surface area (Å²) < 4.78 is 6.92. The van der Waals surface area contributed by atoms with Crippen molar-refractivity contribution in [3.8, 4) is 0 Å². The van der Waals surface area contributed by atoms with E-state index in [2.05, 4.69) is 5.10 Å². The minimum Gasteiger partial charge on any atom is -0.465 e. The Morgan fingerprint density at radius 1 is 1.79 bits per heavy atom. The molecule has 0 aromatic carbocycles. The predicted octanol–water partition coefficient (Wildman–Crippen LogP) is 1.32. The van der Waals surface area contributed by atoms with Gasteiger partial charge in [-0.05, 0) is 25.8 Å². The third-order valence-corrected chi connectivity index (χ3v) is 2.54. The Kier molecular flexibility index (Phi) is 2.52. The number of aryl methyl sites for hydroxylation is 1. The van der Waals surface area contributed by atoms with Gasteiger partial charge >= 0.3 is 5.97 Å². The molecular formula is C10H14N2O2. The zero-order valence-electron chi connectivity index (χ0n) is 8.27. The van der Waals surface area contributed by atoms with Crippen molar-refractivity contribution in [3.05, 3.63) is 18.0 Å². The fraction of sp³-hybridized carbons (Fsp3) is 0.600. The summed E-state index contributed by atoms with van der Waals surface area (Å²) in [5.74, 6) is -0.222. The van der Waals surface area contributed by atoms with Crippen molar-refractivity contribution in [2.45, 2.75) is 32.2 Å². The summed E-state index contributed by atoms with van der Waals surface area (Å²) in [5, 5.41) is 4.16. The van der Waals surface area contributed by atoms with Crippen LogP contribution in [0.5, 0.6) is 0 Å². The van der Waals surface area contributed by atoms with Crippen molar-refractivity contribution in [2.75, 3.05) is 6.61 Å². The highest BCUT2D eigenvalue weighted by molar-refractivity contribution is 5.77. The minimum absolute atomic E-state index is 0.105. The van der Waals surface area contributed by atoms with E-state index in [9.17, 15) is 4.79 Å². The predicted molar refractivity (Wildman–Crippen MR) is 50.8 cm³/mol. The maximum absolute atomic E-state index is 11.6. The van der Waals surface area contributed by atoms with Gasteiger partial charge in [-0.1, -0.05) is 0 Å². The highest BCUT2D eigenvalue weighted by Crippen LogP contribution is 2.27. The van der Waals surface area contributed by atoms with E-state index in [4.69, 9.17) is 4.74 Å². The van der Waals surface area contributed by atoms with Crippen molar-refractivity contribution < 1.29 is 9.53 Å². The van der Waals surface area contributed by atoms with E-state index in [-0.39, 0.29) is 11.9 Å². The van der Waals surface area contributed by atoms with E-state index in [0.717, 1.165) is 25.1 Å². The van der Waals surface area contributed by atoms with Crippen LogP contribution in [0.3, 0.4) is 0 Å². The van der Waals surface area contributed by atoms with E-state index in [1.807, 2.05) is 17.7 Å². The van der Waals surface area contributed by atoms with Crippen molar-refractivity contribution in [1.29, 1.82) is 0 Å². The van der Waals surface area contributed by atoms with E-state index >= 15 is 0 Å². The smallest absolute Gasteiger partial charge is 0.314 e. The molecule has 0 aliphatic carbocycles. The van der Waals surface area contributed by atoms with Crippen LogP contribution in [0.1, 0.15) is 31.4 Å². The fourth-order valence-corrected chi connectivity index (χ4v) is 1.90. The molecule has 1 aliphatic heterocycles. The highest BCUT2D eigenvalue weighted by atomic mass is 16.5. The molecule has 0 bridgehead atoms. The molecule has 0 saturated heterocycles. The average Bonchev–Trinajstić information content (AvgIpc) is 2.65. The van der Waals surface area contributed by atoms with Crippen molar-refractivity contribution >= 4 is 5.97 Å². The normalized spacial score (nSPS) is 20.2. The molecule has 0 saturated carbocycles. The molecule has 2 heterocycles. The van der Waals surface area contributed by atoms with Crippen LogP contribution in [-0.4, -0.2) is 22.4 Å². The number of carbonyl (C=O) groups is 1. The number of esters is 1. The first-order valence-electron chi connectivity index (χ1n) is 5.01. The molecule has 2 rings (SSSR count). The summed E-state index contributed by atoms with van der Waals surface area (Å²) >= 11 is 0. The lowest BCUT2D eigenvalue weighted by Gasteiger charge is -2.21. The van der Waals surface area contributed by atoms with Crippen LogP contribution in [0.15, 0.2) is 12.3 Å². The Morgan fingerprint density at radius 3 is 3.43 bits per heavy atom. The molecule has 0 spiro atoms. The zero-order chi connectivity index (χ0) is 9.97. The molecule has 4 heteroatoms. The van der Waals surface area contributed by atoms with Gasteiger partial charge in [0.25, 0.3) is 0 Å². The Bertz CT molecular complexity index is 333. The first-order valence-corrected chi connectivity index (χ1v) is 5.01. The number of rotatable bonds is 2. The number of fused-ring (bicyclic) bond motifs is 1. The van der Waals surface area contributed by atoms with Crippen molar-refractivity contribution in [2.24, 2.45) is 0 Å². The summed E-state index contributed by atoms with van der Waals surface area (Å²) in [7, 11) is 0. The van der Waals surface area contributed by atoms with Gasteiger partial charge in [-0.15, -0.1) is 0 Å². The largest absolute Gasteiger partial charge is 0.465 e. The van der Waals surface area contributed by atoms with Crippen LogP contribution in [-0.2, 0) is 16.1 Å². The first kappa shape index (κ1) is 9.24. The molecule has 1 aromatic heterocycles. The average molecular weight is 194 g/mol. The standard InChI is InChI=1S/C10H14N2O2/c1-2-14-10(13)8-4-3-7-12-9(8)5-6-11-12/h5-6,8H,2-4,7H2,1H3. The lowest BCUT2D eigenvalue weighted by atomic mass is 9.96. The second kappa shape index (κ2) is 3.82.